The van der Waals surface area contributed by atoms with Crippen molar-refractivity contribution in [2.75, 3.05) is 0 Å². The van der Waals surface area contributed by atoms with Crippen LogP contribution in [0.1, 0.15) is 43.7 Å². The molecule has 1 aromatic heterocycles. The van der Waals surface area contributed by atoms with Crippen molar-refractivity contribution in [3.8, 4) is 0 Å². The molecule has 8 nitrogen and oxygen atoms in total. The van der Waals surface area contributed by atoms with E-state index in [0.717, 1.165) is 4.90 Å². The zero-order chi connectivity index (χ0) is 19.6. The van der Waals surface area contributed by atoms with E-state index < -0.39 is 29.7 Å². The number of carbonyl (C=O) groups is 4. The molecule has 1 aliphatic heterocycles. The first-order valence-corrected chi connectivity index (χ1v) is 9.05. The number of hydrazine groups is 1. The van der Waals surface area contributed by atoms with E-state index >= 15 is 0 Å². The van der Waals surface area contributed by atoms with Crippen LogP contribution in [0.5, 0.6) is 0 Å². The Kier molecular flexibility index (Phi) is 5.43. The number of imide groups is 1. The highest BCUT2D eigenvalue weighted by molar-refractivity contribution is 6.08. The summed E-state index contributed by atoms with van der Waals surface area (Å²) in [6, 6.07) is 2.04. The summed E-state index contributed by atoms with van der Waals surface area (Å²) in [4.78, 5) is 51.3. The Morgan fingerprint density at radius 2 is 1.78 bits per heavy atom. The number of hydrogen-bond acceptors (Lipinski definition) is 5. The predicted molar refractivity (Wildman–Crippen MR) is 94.8 cm³/mol. The van der Waals surface area contributed by atoms with Gasteiger partial charge in [-0.05, 0) is 37.3 Å². The zero-order valence-corrected chi connectivity index (χ0v) is 15.3. The lowest BCUT2D eigenvalue weighted by molar-refractivity contribution is -0.148. The highest BCUT2D eigenvalue weighted by Crippen LogP contribution is 2.37. The second-order valence-corrected chi connectivity index (χ2v) is 7.27. The number of allylic oxidation sites excluding steroid dienone is 2. The summed E-state index contributed by atoms with van der Waals surface area (Å²) in [6.45, 7) is 3.81. The van der Waals surface area contributed by atoms with Gasteiger partial charge >= 0.3 is 5.91 Å². The van der Waals surface area contributed by atoms with Gasteiger partial charge in [-0.1, -0.05) is 26.0 Å². The molecule has 0 aromatic carbocycles. The average Bonchev–Trinajstić information content (AvgIpc) is 3.26. The van der Waals surface area contributed by atoms with E-state index in [0.29, 0.717) is 19.3 Å². The third-order valence-electron chi connectivity index (χ3n) is 4.89. The fourth-order valence-corrected chi connectivity index (χ4v) is 3.58. The summed E-state index contributed by atoms with van der Waals surface area (Å²) in [5.41, 5.74) is 4.58. The molecule has 0 radical (unpaired) electrons. The molecule has 1 saturated heterocycles. The molecule has 0 saturated carbocycles. The van der Waals surface area contributed by atoms with Crippen LogP contribution in [0.2, 0.25) is 0 Å². The van der Waals surface area contributed by atoms with Gasteiger partial charge in [0.2, 0.25) is 11.8 Å². The van der Waals surface area contributed by atoms with E-state index in [4.69, 9.17) is 4.42 Å². The summed E-state index contributed by atoms with van der Waals surface area (Å²) in [5.74, 6) is -2.53. The maximum absolute atomic E-state index is 12.8. The first-order chi connectivity index (χ1) is 12.9. The summed E-state index contributed by atoms with van der Waals surface area (Å²) >= 11 is 0. The van der Waals surface area contributed by atoms with Gasteiger partial charge in [-0.15, -0.1) is 0 Å². The highest BCUT2D eigenvalue weighted by atomic mass is 16.3. The molecule has 8 heteroatoms. The number of nitrogens with one attached hydrogen (secondary N) is 2. The zero-order valence-electron chi connectivity index (χ0n) is 15.3. The molecular weight excluding hydrogens is 350 g/mol. The number of amides is 4. The molecule has 27 heavy (non-hydrogen) atoms. The summed E-state index contributed by atoms with van der Waals surface area (Å²) in [7, 11) is 0. The average molecular weight is 373 g/mol. The van der Waals surface area contributed by atoms with Gasteiger partial charge in [-0.3, -0.25) is 34.9 Å². The highest BCUT2D eigenvalue weighted by Gasteiger charge is 2.51. The van der Waals surface area contributed by atoms with Gasteiger partial charge < -0.3 is 4.42 Å². The van der Waals surface area contributed by atoms with Crippen molar-refractivity contribution in [3.05, 3.63) is 36.3 Å². The van der Waals surface area contributed by atoms with E-state index in [1.54, 1.807) is 6.07 Å². The van der Waals surface area contributed by atoms with Crippen LogP contribution < -0.4 is 10.9 Å². The van der Waals surface area contributed by atoms with Crippen LogP contribution in [0.4, 0.5) is 0 Å². The molecule has 2 heterocycles. The van der Waals surface area contributed by atoms with Gasteiger partial charge in [-0.2, -0.15) is 0 Å². The Hall–Kier alpha value is -2.90. The Bertz CT molecular complexity index is 742. The van der Waals surface area contributed by atoms with Crippen molar-refractivity contribution in [1.82, 2.24) is 15.8 Å². The van der Waals surface area contributed by atoms with Crippen LogP contribution in [0.3, 0.4) is 0 Å². The van der Waals surface area contributed by atoms with Crippen LogP contribution in [-0.4, -0.2) is 34.6 Å². The second kappa shape index (κ2) is 7.77. The summed E-state index contributed by atoms with van der Waals surface area (Å²) in [6.07, 6.45) is 6.48. The van der Waals surface area contributed by atoms with Gasteiger partial charge in [0.15, 0.2) is 5.76 Å². The minimum atomic E-state index is -0.965. The van der Waals surface area contributed by atoms with Crippen molar-refractivity contribution in [1.29, 1.82) is 0 Å². The van der Waals surface area contributed by atoms with Gasteiger partial charge in [0.05, 0.1) is 18.1 Å². The molecule has 0 spiro atoms. The van der Waals surface area contributed by atoms with Crippen LogP contribution >= 0.6 is 0 Å². The van der Waals surface area contributed by atoms with Crippen LogP contribution in [-0.2, 0) is 14.4 Å². The SMILES string of the molecule is CC(C)C[C@H](C(=O)NNC(=O)c1ccco1)N1C(=O)[C@@H]2CC=CC[C@H]2C1=O. The van der Waals surface area contributed by atoms with Crippen molar-refractivity contribution in [2.24, 2.45) is 17.8 Å². The first kappa shape index (κ1) is 18.9. The lowest BCUT2D eigenvalue weighted by Gasteiger charge is -2.27. The molecule has 3 rings (SSSR count). The number of furan rings is 1. The first-order valence-electron chi connectivity index (χ1n) is 9.05. The van der Waals surface area contributed by atoms with Crippen molar-refractivity contribution >= 4 is 23.6 Å². The van der Waals surface area contributed by atoms with Gasteiger partial charge in [0.1, 0.15) is 6.04 Å². The van der Waals surface area contributed by atoms with Gasteiger partial charge in [0.25, 0.3) is 5.91 Å². The smallest absolute Gasteiger partial charge is 0.305 e. The minimum absolute atomic E-state index is 0.0427. The van der Waals surface area contributed by atoms with Crippen LogP contribution in [0, 0.1) is 17.8 Å². The van der Waals surface area contributed by atoms with Crippen LogP contribution in [0.15, 0.2) is 35.0 Å². The van der Waals surface area contributed by atoms with Gasteiger partial charge in [-0.25, -0.2) is 0 Å². The summed E-state index contributed by atoms with van der Waals surface area (Å²) in [5, 5.41) is 0. The molecule has 3 atom stereocenters. The number of hydrogen-bond donors (Lipinski definition) is 2. The predicted octanol–water partition coefficient (Wildman–Crippen LogP) is 1.41. The van der Waals surface area contributed by atoms with Crippen molar-refractivity contribution in [2.45, 2.75) is 39.2 Å². The molecule has 0 bridgehead atoms. The number of fused-ring (bicyclic) bond motifs is 1. The van der Waals surface area contributed by atoms with Crippen molar-refractivity contribution in [3.63, 3.8) is 0 Å². The van der Waals surface area contributed by atoms with E-state index in [-0.39, 0.29) is 23.5 Å². The maximum Gasteiger partial charge on any atom is 0.305 e. The topological polar surface area (TPSA) is 109 Å². The fourth-order valence-electron chi connectivity index (χ4n) is 3.58. The Balaban J connectivity index is 1.73. The number of carbonyl (C=O) groups excluding carboxylic acids is 4. The molecule has 0 unspecified atom stereocenters. The monoisotopic (exact) mass is 373 g/mol. The second-order valence-electron chi connectivity index (χ2n) is 7.27. The summed E-state index contributed by atoms with van der Waals surface area (Å²) < 4.78 is 4.96. The van der Waals surface area contributed by atoms with E-state index in [1.165, 1.54) is 12.3 Å². The Morgan fingerprint density at radius 3 is 2.30 bits per heavy atom. The van der Waals surface area contributed by atoms with E-state index in [2.05, 4.69) is 10.9 Å². The van der Waals surface area contributed by atoms with E-state index in [9.17, 15) is 19.2 Å². The number of rotatable bonds is 5. The standard InChI is InChI=1S/C19H23N3O5/c1-11(2)10-14(16(23)20-21-17(24)15-8-5-9-27-15)22-18(25)12-6-3-4-7-13(12)19(22)26/h3-5,8-9,11-14H,6-7,10H2,1-2H3,(H,20,23)(H,21,24)/t12-,13-,14-/m1/s1. The fraction of sp³-hybridized carbons (Fsp3) is 0.474. The third kappa shape index (κ3) is 3.79. The molecular formula is C19H23N3O5. The van der Waals surface area contributed by atoms with E-state index in [1.807, 2.05) is 26.0 Å². The lowest BCUT2D eigenvalue weighted by atomic mass is 9.85. The largest absolute Gasteiger partial charge is 0.459 e. The third-order valence-corrected chi connectivity index (χ3v) is 4.89. The molecule has 1 aliphatic carbocycles. The van der Waals surface area contributed by atoms with Gasteiger partial charge in [0, 0.05) is 0 Å². The Morgan fingerprint density at radius 1 is 1.15 bits per heavy atom. The lowest BCUT2D eigenvalue weighted by Crippen LogP contribution is -2.54. The molecule has 2 aliphatic rings. The maximum atomic E-state index is 12.8. The molecule has 2 N–H and O–H groups in total. The minimum Gasteiger partial charge on any atom is -0.459 e. The number of nitrogens with zero attached hydrogens (tertiary/aromatic N) is 1. The normalized spacial score (nSPS) is 22.7. The molecule has 1 aromatic rings. The Labute approximate surface area is 156 Å². The molecule has 144 valence electrons. The van der Waals surface area contributed by atoms with Crippen molar-refractivity contribution < 1.29 is 23.6 Å². The molecule has 4 amide bonds. The quantitative estimate of drug-likeness (QED) is 0.461. The molecule has 1 fully saturated rings. The van der Waals surface area contributed by atoms with Crippen LogP contribution in [0.25, 0.3) is 0 Å². The number of likely N-dealkylation sites (tertiary alicyclic amines) is 1.